The van der Waals surface area contributed by atoms with Crippen LogP contribution in [0.3, 0.4) is 0 Å². The summed E-state index contributed by atoms with van der Waals surface area (Å²) in [6.07, 6.45) is 3.51. The number of amides is 1. The molecule has 0 spiro atoms. The van der Waals surface area contributed by atoms with Gasteiger partial charge in [0, 0.05) is 15.4 Å². The van der Waals surface area contributed by atoms with E-state index in [2.05, 4.69) is 47.2 Å². The highest BCUT2D eigenvalue weighted by molar-refractivity contribution is 9.10. The summed E-state index contributed by atoms with van der Waals surface area (Å²) in [5, 5.41) is 3.14. The van der Waals surface area contributed by atoms with Gasteiger partial charge in [0.05, 0.1) is 5.75 Å². The number of aryl methyl sites for hydroxylation is 1. The van der Waals surface area contributed by atoms with E-state index in [4.69, 9.17) is 0 Å². The van der Waals surface area contributed by atoms with Gasteiger partial charge in [0.2, 0.25) is 5.91 Å². The number of hydrogen-bond donors (Lipinski definition) is 1. The Kier molecular flexibility index (Phi) is 5.34. The van der Waals surface area contributed by atoms with Gasteiger partial charge < -0.3 is 5.32 Å². The third-order valence-corrected chi connectivity index (χ3v) is 5.22. The van der Waals surface area contributed by atoms with Crippen molar-refractivity contribution in [2.75, 3.05) is 5.75 Å². The van der Waals surface area contributed by atoms with Crippen LogP contribution in [0.25, 0.3) is 0 Å². The molecule has 1 fully saturated rings. The van der Waals surface area contributed by atoms with Crippen LogP contribution < -0.4 is 5.32 Å². The molecule has 2 nitrogen and oxygen atoms in total. The van der Waals surface area contributed by atoms with Crippen molar-refractivity contribution in [3.63, 3.8) is 0 Å². The molecule has 1 aliphatic carbocycles. The topological polar surface area (TPSA) is 29.1 Å². The number of benzene rings is 1. The zero-order chi connectivity index (χ0) is 13.8. The molecule has 2 unspecified atom stereocenters. The van der Waals surface area contributed by atoms with E-state index in [9.17, 15) is 4.79 Å². The number of rotatable bonds is 4. The second kappa shape index (κ2) is 6.80. The van der Waals surface area contributed by atoms with Gasteiger partial charge in [0.25, 0.3) is 0 Å². The van der Waals surface area contributed by atoms with Crippen LogP contribution >= 0.6 is 27.7 Å². The Bertz CT molecular complexity index is 463. The van der Waals surface area contributed by atoms with Gasteiger partial charge in [-0.05, 0) is 55.9 Å². The van der Waals surface area contributed by atoms with Crippen molar-refractivity contribution in [1.82, 2.24) is 5.32 Å². The van der Waals surface area contributed by atoms with Crippen LogP contribution in [0.15, 0.2) is 27.6 Å². The zero-order valence-corrected chi connectivity index (χ0v) is 13.8. The smallest absolute Gasteiger partial charge is 0.230 e. The Morgan fingerprint density at radius 3 is 2.89 bits per heavy atom. The molecule has 1 aliphatic rings. The van der Waals surface area contributed by atoms with E-state index in [1.165, 1.54) is 16.9 Å². The van der Waals surface area contributed by atoms with Crippen LogP contribution in [0.1, 0.15) is 31.7 Å². The van der Waals surface area contributed by atoms with Crippen LogP contribution in [0.2, 0.25) is 0 Å². The van der Waals surface area contributed by atoms with Gasteiger partial charge in [0.1, 0.15) is 0 Å². The molecular formula is C15H20BrNOS. The molecular weight excluding hydrogens is 322 g/mol. The van der Waals surface area contributed by atoms with Crippen molar-refractivity contribution in [2.45, 2.75) is 44.0 Å². The lowest BCUT2D eigenvalue weighted by molar-refractivity contribution is -0.119. The van der Waals surface area contributed by atoms with Gasteiger partial charge >= 0.3 is 0 Å². The minimum absolute atomic E-state index is 0.159. The number of hydrogen-bond acceptors (Lipinski definition) is 2. The first-order valence-electron chi connectivity index (χ1n) is 6.73. The third-order valence-electron chi connectivity index (χ3n) is 3.56. The van der Waals surface area contributed by atoms with Crippen LogP contribution in [0, 0.1) is 12.8 Å². The van der Waals surface area contributed by atoms with E-state index in [0.717, 1.165) is 23.2 Å². The van der Waals surface area contributed by atoms with Crippen LogP contribution in [-0.4, -0.2) is 17.7 Å². The highest BCUT2D eigenvalue weighted by Gasteiger charge is 2.22. The maximum absolute atomic E-state index is 11.9. The number of carbonyl (C=O) groups is 1. The lowest BCUT2D eigenvalue weighted by Crippen LogP contribution is -2.34. The van der Waals surface area contributed by atoms with Crippen LogP contribution in [0.4, 0.5) is 0 Å². The number of carbonyl (C=O) groups excluding carboxylic acids is 1. The Balaban J connectivity index is 1.80. The Morgan fingerprint density at radius 1 is 1.47 bits per heavy atom. The van der Waals surface area contributed by atoms with Crippen LogP contribution in [0.5, 0.6) is 0 Å². The lowest BCUT2D eigenvalue weighted by atomic mass is 10.1. The van der Waals surface area contributed by atoms with Gasteiger partial charge in [-0.15, -0.1) is 11.8 Å². The van der Waals surface area contributed by atoms with E-state index in [1.807, 2.05) is 6.07 Å². The van der Waals surface area contributed by atoms with Crippen molar-refractivity contribution in [3.8, 4) is 0 Å². The molecule has 1 saturated carbocycles. The highest BCUT2D eigenvalue weighted by Crippen LogP contribution is 2.26. The summed E-state index contributed by atoms with van der Waals surface area (Å²) in [4.78, 5) is 13.1. The third kappa shape index (κ3) is 4.53. The minimum atomic E-state index is 0.159. The summed E-state index contributed by atoms with van der Waals surface area (Å²) in [6.45, 7) is 4.33. The molecule has 1 aromatic carbocycles. The first kappa shape index (κ1) is 14.9. The van der Waals surface area contributed by atoms with Crippen molar-refractivity contribution in [2.24, 2.45) is 5.92 Å². The molecule has 1 aromatic rings. The van der Waals surface area contributed by atoms with E-state index in [-0.39, 0.29) is 5.91 Å². The standard InChI is InChI=1S/C15H20BrNOS/c1-10-3-5-13(7-10)17-15(18)9-19-14-6-4-12(16)8-11(14)2/h4,6,8,10,13H,3,5,7,9H2,1-2H3,(H,17,18). The van der Waals surface area contributed by atoms with Crippen molar-refractivity contribution in [3.05, 3.63) is 28.2 Å². The molecule has 19 heavy (non-hydrogen) atoms. The summed E-state index contributed by atoms with van der Waals surface area (Å²) in [7, 11) is 0. The van der Waals surface area contributed by atoms with Gasteiger partial charge in [-0.3, -0.25) is 4.79 Å². The zero-order valence-electron chi connectivity index (χ0n) is 11.4. The van der Waals surface area contributed by atoms with E-state index in [0.29, 0.717) is 11.8 Å². The second-order valence-corrected chi connectivity index (χ2v) is 7.31. The second-order valence-electron chi connectivity index (χ2n) is 5.38. The van der Waals surface area contributed by atoms with Crippen LogP contribution in [-0.2, 0) is 4.79 Å². The predicted octanol–water partition coefficient (Wildman–Crippen LogP) is 4.15. The molecule has 0 bridgehead atoms. The lowest BCUT2D eigenvalue weighted by Gasteiger charge is -2.12. The fraction of sp³-hybridized carbons (Fsp3) is 0.533. The molecule has 2 atom stereocenters. The molecule has 104 valence electrons. The first-order chi connectivity index (χ1) is 9.04. The number of thioether (sulfide) groups is 1. The summed E-state index contributed by atoms with van der Waals surface area (Å²) in [5.41, 5.74) is 1.21. The van der Waals surface area contributed by atoms with Gasteiger partial charge in [-0.1, -0.05) is 22.9 Å². The Labute approximate surface area is 127 Å². The molecule has 0 heterocycles. The van der Waals surface area contributed by atoms with Gasteiger partial charge in [0.15, 0.2) is 0 Å². The molecule has 1 amide bonds. The molecule has 4 heteroatoms. The average Bonchev–Trinajstić information content (AvgIpc) is 2.73. The molecule has 0 aliphatic heterocycles. The molecule has 1 N–H and O–H groups in total. The van der Waals surface area contributed by atoms with E-state index >= 15 is 0 Å². The first-order valence-corrected chi connectivity index (χ1v) is 8.51. The van der Waals surface area contributed by atoms with Gasteiger partial charge in [-0.25, -0.2) is 0 Å². The fourth-order valence-electron chi connectivity index (χ4n) is 2.53. The number of halogens is 1. The summed E-state index contributed by atoms with van der Waals surface area (Å²) in [5.74, 6) is 1.42. The van der Waals surface area contributed by atoms with Crippen molar-refractivity contribution < 1.29 is 4.79 Å². The summed E-state index contributed by atoms with van der Waals surface area (Å²) < 4.78 is 1.08. The quantitative estimate of drug-likeness (QED) is 0.833. The summed E-state index contributed by atoms with van der Waals surface area (Å²) in [6, 6.07) is 6.56. The SMILES string of the molecule is Cc1cc(Br)ccc1SCC(=O)NC1CCC(C)C1. The van der Waals surface area contributed by atoms with Crippen molar-refractivity contribution in [1.29, 1.82) is 0 Å². The highest BCUT2D eigenvalue weighted by atomic mass is 79.9. The predicted molar refractivity (Wildman–Crippen MR) is 84.5 cm³/mol. The number of nitrogens with one attached hydrogen (secondary N) is 1. The summed E-state index contributed by atoms with van der Waals surface area (Å²) >= 11 is 5.07. The van der Waals surface area contributed by atoms with Gasteiger partial charge in [-0.2, -0.15) is 0 Å². The van der Waals surface area contributed by atoms with E-state index < -0.39 is 0 Å². The maximum atomic E-state index is 11.9. The molecule has 0 saturated heterocycles. The van der Waals surface area contributed by atoms with Crippen molar-refractivity contribution >= 4 is 33.6 Å². The Morgan fingerprint density at radius 2 is 2.26 bits per heavy atom. The fourth-order valence-corrected chi connectivity index (χ4v) is 3.82. The minimum Gasteiger partial charge on any atom is -0.353 e. The molecule has 0 radical (unpaired) electrons. The average molecular weight is 342 g/mol. The molecule has 2 rings (SSSR count). The molecule has 0 aromatic heterocycles. The normalized spacial score (nSPS) is 22.5. The maximum Gasteiger partial charge on any atom is 0.230 e. The van der Waals surface area contributed by atoms with E-state index in [1.54, 1.807) is 11.8 Å². The Hall–Kier alpha value is -0.480. The largest absolute Gasteiger partial charge is 0.353 e. The monoisotopic (exact) mass is 341 g/mol.